The Kier molecular flexibility index (Phi) is 8.11. The molecule has 1 fully saturated rings. The molecule has 0 spiro atoms. The Hall–Kier alpha value is -2.81. The zero-order valence-corrected chi connectivity index (χ0v) is 17.8. The predicted octanol–water partition coefficient (Wildman–Crippen LogP) is 2.66. The molecular weight excluding hydrogens is 401 g/mol. The van der Waals surface area contributed by atoms with E-state index in [-0.39, 0.29) is 24.5 Å². The fourth-order valence-electron chi connectivity index (χ4n) is 3.49. The van der Waals surface area contributed by atoms with Crippen LogP contribution in [0.3, 0.4) is 0 Å². The van der Waals surface area contributed by atoms with Crippen molar-refractivity contribution in [2.75, 3.05) is 45.3 Å². The summed E-state index contributed by atoms with van der Waals surface area (Å²) in [6, 6.07) is 13.2. The number of carbonyl (C=O) groups is 2. The Morgan fingerprint density at radius 2 is 1.81 bits per heavy atom. The molecule has 8 heteroatoms. The normalized spacial score (nSPS) is 16.4. The van der Waals surface area contributed by atoms with Crippen LogP contribution in [-0.4, -0.2) is 56.7 Å². The number of nitrogens with one attached hydrogen (secondary N) is 2. The number of hydrogen-bond acceptors (Lipinski definition) is 5. The first-order valence-electron chi connectivity index (χ1n) is 10.3. The second kappa shape index (κ2) is 11.0. The third-order valence-electron chi connectivity index (χ3n) is 5.37. The number of benzene rings is 2. The number of ether oxygens (including phenoxy) is 2. The van der Waals surface area contributed by atoms with E-state index in [1.165, 1.54) is 12.1 Å². The molecule has 1 heterocycles. The monoisotopic (exact) mass is 429 g/mol. The molecule has 2 aromatic rings. The maximum atomic E-state index is 13.4. The summed E-state index contributed by atoms with van der Waals surface area (Å²) in [7, 11) is 1.61. The molecule has 3 rings (SSSR count). The highest BCUT2D eigenvalue weighted by atomic mass is 19.1. The number of amides is 2. The van der Waals surface area contributed by atoms with Crippen molar-refractivity contribution in [2.45, 2.75) is 19.1 Å². The van der Waals surface area contributed by atoms with Gasteiger partial charge in [0, 0.05) is 32.4 Å². The van der Waals surface area contributed by atoms with Gasteiger partial charge in [0.25, 0.3) is 0 Å². The van der Waals surface area contributed by atoms with Gasteiger partial charge in [0.05, 0.1) is 25.4 Å². The lowest BCUT2D eigenvalue weighted by molar-refractivity contribution is -0.136. The number of nitrogens with zero attached hydrogens (tertiary/aromatic N) is 1. The summed E-state index contributed by atoms with van der Waals surface area (Å²) in [6.07, 6.45) is -0.129. The van der Waals surface area contributed by atoms with Gasteiger partial charge >= 0.3 is 11.8 Å². The van der Waals surface area contributed by atoms with Crippen molar-refractivity contribution in [3.8, 4) is 0 Å². The minimum absolute atomic E-state index is 0.129. The maximum absolute atomic E-state index is 13.4. The van der Waals surface area contributed by atoms with Crippen molar-refractivity contribution >= 4 is 17.5 Å². The number of halogens is 1. The Labute approximate surface area is 181 Å². The summed E-state index contributed by atoms with van der Waals surface area (Å²) in [5, 5.41) is 5.33. The minimum atomic E-state index is -0.748. The second-order valence-corrected chi connectivity index (χ2v) is 7.38. The molecule has 1 aliphatic heterocycles. The van der Waals surface area contributed by atoms with Gasteiger partial charge in [-0.25, -0.2) is 4.39 Å². The summed E-state index contributed by atoms with van der Waals surface area (Å²) in [4.78, 5) is 27.0. The van der Waals surface area contributed by atoms with Crippen LogP contribution in [0.1, 0.15) is 30.2 Å². The lowest BCUT2D eigenvalue weighted by atomic mass is 10.0. The van der Waals surface area contributed by atoms with Gasteiger partial charge in [-0.05, 0) is 42.3 Å². The Morgan fingerprint density at radius 1 is 1.10 bits per heavy atom. The summed E-state index contributed by atoms with van der Waals surface area (Å²) >= 11 is 0. The molecule has 2 amide bonds. The molecule has 0 aliphatic carbocycles. The summed E-state index contributed by atoms with van der Waals surface area (Å²) in [5.74, 6) is -1.80. The zero-order chi connectivity index (χ0) is 22.2. The first kappa shape index (κ1) is 22.9. The third-order valence-corrected chi connectivity index (χ3v) is 5.37. The van der Waals surface area contributed by atoms with E-state index in [9.17, 15) is 14.0 Å². The van der Waals surface area contributed by atoms with Crippen LogP contribution in [0.5, 0.6) is 0 Å². The van der Waals surface area contributed by atoms with E-state index >= 15 is 0 Å². The van der Waals surface area contributed by atoms with Crippen molar-refractivity contribution in [1.82, 2.24) is 10.2 Å². The van der Waals surface area contributed by atoms with E-state index in [2.05, 4.69) is 15.5 Å². The van der Waals surface area contributed by atoms with Crippen molar-refractivity contribution in [3.05, 3.63) is 65.5 Å². The van der Waals surface area contributed by atoms with Gasteiger partial charge in [-0.1, -0.05) is 24.3 Å². The number of morpholine rings is 1. The van der Waals surface area contributed by atoms with E-state index < -0.39 is 11.8 Å². The van der Waals surface area contributed by atoms with Gasteiger partial charge in [0.1, 0.15) is 5.82 Å². The Morgan fingerprint density at radius 3 is 2.48 bits per heavy atom. The first-order valence-corrected chi connectivity index (χ1v) is 10.3. The van der Waals surface area contributed by atoms with Crippen molar-refractivity contribution in [2.24, 2.45) is 0 Å². The number of hydrogen-bond donors (Lipinski definition) is 2. The van der Waals surface area contributed by atoms with Crippen LogP contribution in [0.4, 0.5) is 10.1 Å². The van der Waals surface area contributed by atoms with E-state index in [4.69, 9.17) is 9.47 Å². The lowest BCUT2D eigenvalue weighted by Gasteiger charge is -2.34. The molecule has 31 heavy (non-hydrogen) atoms. The number of carbonyl (C=O) groups excluding carboxylic acids is 2. The van der Waals surface area contributed by atoms with Crippen LogP contribution in [0.15, 0.2) is 48.5 Å². The number of methoxy groups -OCH3 is 1. The van der Waals surface area contributed by atoms with Gasteiger partial charge in [-0.2, -0.15) is 0 Å². The highest BCUT2D eigenvalue weighted by Crippen LogP contribution is 2.22. The molecule has 0 bridgehead atoms. The van der Waals surface area contributed by atoms with Gasteiger partial charge in [0.2, 0.25) is 0 Å². The lowest BCUT2D eigenvalue weighted by Crippen LogP contribution is -2.45. The van der Waals surface area contributed by atoms with Gasteiger partial charge < -0.3 is 20.1 Å². The highest BCUT2D eigenvalue weighted by molar-refractivity contribution is 6.39. The van der Waals surface area contributed by atoms with Crippen LogP contribution in [0.25, 0.3) is 0 Å². The smallest absolute Gasteiger partial charge is 0.313 e. The second-order valence-electron chi connectivity index (χ2n) is 7.38. The van der Waals surface area contributed by atoms with E-state index in [1.54, 1.807) is 37.4 Å². The van der Waals surface area contributed by atoms with Crippen LogP contribution in [0, 0.1) is 5.82 Å². The molecule has 1 aliphatic rings. The SMILES string of the molecule is COC(C)c1cccc(NC(=O)C(=O)NCC(c2ccc(F)cc2)N2CCOCC2)c1. The number of anilines is 1. The zero-order valence-electron chi connectivity index (χ0n) is 17.8. The summed E-state index contributed by atoms with van der Waals surface area (Å²) in [6.45, 7) is 4.67. The Balaban J connectivity index is 1.63. The highest BCUT2D eigenvalue weighted by Gasteiger charge is 2.24. The predicted molar refractivity (Wildman–Crippen MR) is 115 cm³/mol. The van der Waals surface area contributed by atoms with Crippen molar-refractivity contribution in [1.29, 1.82) is 0 Å². The molecule has 0 aromatic heterocycles. The van der Waals surface area contributed by atoms with Crippen LogP contribution < -0.4 is 10.6 Å². The molecule has 2 atom stereocenters. The molecular formula is C23H28FN3O4. The Bertz CT molecular complexity index is 885. The first-order chi connectivity index (χ1) is 15.0. The topological polar surface area (TPSA) is 79.9 Å². The van der Waals surface area contributed by atoms with Crippen molar-refractivity contribution < 1.29 is 23.5 Å². The summed E-state index contributed by atoms with van der Waals surface area (Å²) in [5.41, 5.74) is 2.28. The minimum Gasteiger partial charge on any atom is -0.379 e. The third kappa shape index (κ3) is 6.33. The van der Waals surface area contributed by atoms with Gasteiger partial charge in [-0.15, -0.1) is 0 Å². The van der Waals surface area contributed by atoms with Crippen molar-refractivity contribution in [3.63, 3.8) is 0 Å². The van der Waals surface area contributed by atoms with Crippen LogP contribution in [-0.2, 0) is 19.1 Å². The van der Waals surface area contributed by atoms with Crippen LogP contribution >= 0.6 is 0 Å². The molecule has 7 nitrogen and oxygen atoms in total. The standard InChI is InChI=1S/C23H28FN3O4/c1-16(30-2)18-4-3-5-20(14-18)26-23(29)22(28)25-15-21(27-10-12-31-13-11-27)17-6-8-19(24)9-7-17/h3-9,14,16,21H,10-13,15H2,1-2H3,(H,25,28)(H,26,29). The molecule has 2 unspecified atom stereocenters. The molecule has 2 N–H and O–H groups in total. The number of rotatable bonds is 7. The molecule has 0 saturated carbocycles. The molecule has 1 saturated heterocycles. The van der Waals surface area contributed by atoms with Gasteiger partial charge in [0.15, 0.2) is 0 Å². The summed E-state index contributed by atoms with van der Waals surface area (Å²) < 4.78 is 24.1. The van der Waals surface area contributed by atoms with E-state index in [0.29, 0.717) is 32.0 Å². The van der Waals surface area contributed by atoms with Crippen LogP contribution in [0.2, 0.25) is 0 Å². The average Bonchev–Trinajstić information content (AvgIpc) is 2.80. The largest absolute Gasteiger partial charge is 0.379 e. The van der Waals surface area contributed by atoms with Gasteiger partial charge in [-0.3, -0.25) is 14.5 Å². The molecule has 166 valence electrons. The quantitative estimate of drug-likeness (QED) is 0.662. The molecule has 0 radical (unpaired) electrons. The fourth-order valence-corrected chi connectivity index (χ4v) is 3.49. The molecule has 2 aromatic carbocycles. The fraction of sp³-hybridized carbons (Fsp3) is 0.391. The maximum Gasteiger partial charge on any atom is 0.313 e. The van der Waals surface area contributed by atoms with E-state index in [0.717, 1.165) is 11.1 Å². The van der Waals surface area contributed by atoms with E-state index in [1.807, 2.05) is 13.0 Å². The average molecular weight is 429 g/mol.